The van der Waals surface area contributed by atoms with Gasteiger partial charge in [0.25, 0.3) is 0 Å². The van der Waals surface area contributed by atoms with Gasteiger partial charge >= 0.3 is 0 Å². The summed E-state index contributed by atoms with van der Waals surface area (Å²) in [5, 5.41) is 0. The smallest absolute Gasteiger partial charge is 0.134 e. The molecular weight excluding hydrogens is 150 g/mol. The number of rotatable bonds is 2. The van der Waals surface area contributed by atoms with Crippen LogP contribution in [0.15, 0.2) is 18.2 Å². The van der Waals surface area contributed by atoms with E-state index in [-0.39, 0.29) is 5.78 Å². The van der Waals surface area contributed by atoms with E-state index in [1.807, 2.05) is 25.1 Å². The number of ketones is 1. The quantitative estimate of drug-likeness (QED) is 0.674. The van der Waals surface area contributed by atoms with Crippen molar-refractivity contribution in [3.63, 3.8) is 0 Å². The molecule has 0 aliphatic heterocycles. The molecule has 0 fully saturated rings. The summed E-state index contributed by atoms with van der Waals surface area (Å²) in [5.41, 5.74) is 8.48. The van der Waals surface area contributed by atoms with E-state index >= 15 is 0 Å². The standard InChI is InChI=1S/C10H13NO/c1-7-4-3-5-10(11)9(7)6-8(2)12/h3-5H,6,11H2,1-2H3. The summed E-state index contributed by atoms with van der Waals surface area (Å²) < 4.78 is 0. The summed E-state index contributed by atoms with van der Waals surface area (Å²) in [6.45, 7) is 3.54. The van der Waals surface area contributed by atoms with Gasteiger partial charge in [-0.25, -0.2) is 0 Å². The molecule has 0 atom stereocenters. The van der Waals surface area contributed by atoms with E-state index in [9.17, 15) is 4.79 Å². The lowest BCUT2D eigenvalue weighted by Gasteiger charge is -2.06. The number of anilines is 1. The Hall–Kier alpha value is -1.31. The van der Waals surface area contributed by atoms with Gasteiger partial charge < -0.3 is 5.73 Å². The maximum absolute atomic E-state index is 10.9. The van der Waals surface area contributed by atoms with Crippen LogP contribution < -0.4 is 5.73 Å². The maximum Gasteiger partial charge on any atom is 0.134 e. The van der Waals surface area contributed by atoms with Crippen molar-refractivity contribution in [2.75, 3.05) is 5.73 Å². The fourth-order valence-corrected chi connectivity index (χ4v) is 1.22. The minimum atomic E-state index is 0.149. The Balaban J connectivity index is 3.04. The molecule has 0 saturated carbocycles. The van der Waals surface area contributed by atoms with Crippen LogP contribution in [0.5, 0.6) is 0 Å². The Morgan fingerprint density at radius 2 is 2.17 bits per heavy atom. The third-order valence-electron chi connectivity index (χ3n) is 1.87. The Kier molecular flexibility index (Phi) is 2.48. The van der Waals surface area contributed by atoms with E-state index in [1.165, 1.54) is 0 Å². The van der Waals surface area contributed by atoms with Crippen molar-refractivity contribution in [2.24, 2.45) is 0 Å². The van der Waals surface area contributed by atoms with Crippen molar-refractivity contribution in [3.05, 3.63) is 29.3 Å². The van der Waals surface area contributed by atoms with Crippen molar-refractivity contribution < 1.29 is 4.79 Å². The number of carbonyl (C=O) groups is 1. The van der Waals surface area contributed by atoms with Crippen LogP contribution in [0, 0.1) is 6.92 Å². The van der Waals surface area contributed by atoms with Crippen LogP contribution in [0.4, 0.5) is 5.69 Å². The first-order valence-electron chi connectivity index (χ1n) is 3.94. The fraction of sp³-hybridized carbons (Fsp3) is 0.300. The topological polar surface area (TPSA) is 43.1 Å². The van der Waals surface area contributed by atoms with Gasteiger partial charge in [-0.3, -0.25) is 4.79 Å². The summed E-state index contributed by atoms with van der Waals surface area (Å²) >= 11 is 0. The molecule has 64 valence electrons. The first-order chi connectivity index (χ1) is 5.61. The van der Waals surface area contributed by atoms with E-state index < -0.39 is 0 Å². The fourth-order valence-electron chi connectivity index (χ4n) is 1.22. The highest BCUT2D eigenvalue weighted by Crippen LogP contribution is 2.16. The summed E-state index contributed by atoms with van der Waals surface area (Å²) in [7, 11) is 0. The number of hydrogen-bond acceptors (Lipinski definition) is 2. The molecule has 0 amide bonds. The molecule has 0 radical (unpaired) electrons. The van der Waals surface area contributed by atoms with Crippen molar-refractivity contribution in [1.29, 1.82) is 0 Å². The van der Waals surface area contributed by atoms with Gasteiger partial charge in [-0.15, -0.1) is 0 Å². The van der Waals surface area contributed by atoms with Crippen LogP contribution >= 0.6 is 0 Å². The molecule has 0 bridgehead atoms. The molecule has 0 saturated heterocycles. The van der Waals surface area contributed by atoms with Gasteiger partial charge in [0.15, 0.2) is 0 Å². The second-order valence-electron chi connectivity index (χ2n) is 3.02. The molecule has 0 heterocycles. The summed E-state index contributed by atoms with van der Waals surface area (Å²) in [6.07, 6.45) is 0.443. The molecule has 2 nitrogen and oxygen atoms in total. The first kappa shape index (κ1) is 8.78. The average molecular weight is 163 g/mol. The summed E-state index contributed by atoms with van der Waals surface area (Å²) in [5.74, 6) is 0.149. The number of benzene rings is 1. The highest BCUT2D eigenvalue weighted by Gasteiger charge is 2.04. The summed E-state index contributed by atoms with van der Waals surface area (Å²) in [4.78, 5) is 10.9. The van der Waals surface area contributed by atoms with Gasteiger partial charge in [0, 0.05) is 12.1 Å². The Bertz CT molecular complexity index is 284. The van der Waals surface area contributed by atoms with E-state index in [1.54, 1.807) is 6.92 Å². The average Bonchev–Trinajstić information content (AvgIpc) is 1.97. The highest BCUT2D eigenvalue weighted by atomic mass is 16.1. The lowest BCUT2D eigenvalue weighted by atomic mass is 10.0. The predicted molar refractivity (Wildman–Crippen MR) is 50.0 cm³/mol. The molecule has 1 rings (SSSR count). The van der Waals surface area contributed by atoms with Gasteiger partial charge in [-0.05, 0) is 31.0 Å². The third-order valence-corrected chi connectivity index (χ3v) is 1.87. The Morgan fingerprint density at radius 1 is 1.50 bits per heavy atom. The lowest BCUT2D eigenvalue weighted by molar-refractivity contribution is -0.116. The van der Waals surface area contributed by atoms with Crippen LogP contribution in [0.1, 0.15) is 18.1 Å². The van der Waals surface area contributed by atoms with Crippen LogP contribution in [-0.4, -0.2) is 5.78 Å². The number of hydrogen-bond donors (Lipinski definition) is 1. The van der Waals surface area contributed by atoms with Crippen molar-refractivity contribution in [2.45, 2.75) is 20.3 Å². The minimum Gasteiger partial charge on any atom is -0.398 e. The number of carbonyl (C=O) groups excluding carboxylic acids is 1. The monoisotopic (exact) mass is 163 g/mol. The molecule has 1 aromatic rings. The van der Waals surface area contributed by atoms with Crippen molar-refractivity contribution in [3.8, 4) is 0 Å². The molecule has 0 aromatic heterocycles. The molecule has 0 aliphatic carbocycles. The minimum absolute atomic E-state index is 0.149. The highest BCUT2D eigenvalue weighted by molar-refractivity contribution is 5.80. The first-order valence-corrected chi connectivity index (χ1v) is 3.94. The molecule has 0 unspecified atom stereocenters. The Labute approximate surface area is 72.4 Å². The predicted octanol–water partition coefficient (Wildman–Crippen LogP) is 1.71. The van der Waals surface area contributed by atoms with Crippen LogP contribution in [0.3, 0.4) is 0 Å². The van der Waals surface area contributed by atoms with Gasteiger partial charge in [0.05, 0.1) is 0 Å². The molecular formula is C10H13NO. The Morgan fingerprint density at radius 3 is 2.67 bits per heavy atom. The van der Waals surface area contributed by atoms with Gasteiger partial charge in [-0.1, -0.05) is 12.1 Å². The zero-order valence-corrected chi connectivity index (χ0v) is 7.42. The molecule has 2 N–H and O–H groups in total. The lowest BCUT2D eigenvalue weighted by Crippen LogP contribution is -2.02. The van der Waals surface area contributed by atoms with E-state index in [0.717, 1.165) is 11.1 Å². The SMILES string of the molecule is CC(=O)Cc1c(C)cccc1N. The third kappa shape index (κ3) is 1.84. The number of aryl methyl sites for hydroxylation is 1. The number of Topliss-reactive ketones (excluding diaryl/α,β-unsaturated/α-hetero) is 1. The summed E-state index contributed by atoms with van der Waals surface area (Å²) in [6, 6.07) is 5.69. The number of nitrogens with two attached hydrogens (primary N) is 1. The molecule has 2 heteroatoms. The van der Waals surface area contributed by atoms with Gasteiger partial charge in [-0.2, -0.15) is 0 Å². The number of nitrogen functional groups attached to an aromatic ring is 1. The van der Waals surface area contributed by atoms with Crippen molar-refractivity contribution in [1.82, 2.24) is 0 Å². The van der Waals surface area contributed by atoms with Gasteiger partial charge in [0.1, 0.15) is 5.78 Å². The molecule has 0 aliphatic rings. The zero-order chi connectivity index (χ0) is 9.14. The maximum atomic E-state index is 10.9. The molecule has 0 spiro atoms. The zero-order valence-electron chi connectivity index (χ0n) is 7.42. The van der Waals surface area contributed by atoms with E-state index in [2.05, 4.69) is 0 Å². The van der Waals surface area contributed by atoms with Gasteiger partial charge in [0.2, 0.25) is 0 Å². The molecule has 1 aromatic carbocycles. The molecule has 12 heavy (non-hydrogen) atoms. The van der Waals surface area contributed by atoms with Crippen LogP contribution in [0.2, 0.25) is 0 Å². The largest absolute Gasteiger partial charge is 0.398 e. The van der Waals surface area contributed by atoms with E-state index in [4.69, 9.17) is 5.73 Å². The normalized spacial score (nSPS) is 9.83. The second kappa shape index (κ2) is 3.39. The second-order valence-corrected chi connectivity index (χ2v) is 3.02. The van der Waals surface area contributed by atoms with Crippen LogP contribution in [0.25, 0.3) is 0 Å². The van der Waals surface area contributed by atoms with Crippen LogP contribution in [-0.2, 0) is 11.2 Å². The van der Waals surface area contributed by atoms with Crippen molar-refractivity contribution >= 4 is 11.5 Å². The van der Waals surface area contributed by atoms with E-state index in [0.29, 0.717) is 12.1 Å².